The Morgan fingerprint density at radius 2 is 2.07 bits per heavy atom. The van der Waals surface area contributed by atoms with Gasteiger partial charge in [0.15, 0.2) is 0 Å². The lowest BCUT2D eigenvalue weighted by atomic mass is 10.1. The lowest BCUT2D eigenvalue weighted by molar-refractivity contribution is -0.122. The van der Waals surface area contributed by atoms with Gasteiger partial charge in [0.2, 0.25) is 5.91 Å². The molecule has 27 heavy (non-hydrogen) atoms. The van der Waals surface area contributed by atoms with Crippen molar-refractivity contribution in [2.24, 2.45) is 0 Å². The van der Waals surface area contributed by atoms with Gasteiger partial charge in [-0.25, -0.2) is 4.98 Å². The number of carbonyl (C=O) groups excluding carboxylic acids is 1. The fourth-order valence-electron chi connectivity index (χ4n) is 2.73. The third-order valence-electron chi connectivity index (χ3n) is 4.07. The number of nitrogens with zero attached hydrogens (tertiary/aromatic N) is 2. The van der Waals surface area contributed by atoms with Crippen LogP contribution < -0.4 is 10.9 Å². The van der Waals surface area contributed by atoms with Crippen molar-refractivity contribution < 1.29 is 9.21 Å². The van der Waals surface area contributed by atoms with Crippen LogP contribution in [0.5, 0.6) is 0 Å². The summed E-state index contributed by atoms with van der Waals surface area (Å²) in [6.45, 7) is 0.178. The van der Waals surface area contributed by atoms with Crippen molar-refractivity contribution in [1.29, 1.82) is 0 Å². The smallest absolute Gasteiger partial charge is 0.263 e. The standard InChI is InChI=1S/C19H14BrN3O3S/c20-13-5-3-12(4-6-13)15-10-27-18-17(15)19(25)23(11-22-18)9-16(24)21-8-14-2-1-7-26-14/h1-7,10-11H,8-9H2,(H,21,24). The number of aromatic nitrogens is 2. The van der Waals surface area contributed by atoms with Gasteiger partial charge in [-0.15, -0.1) is 11.3 Å². The zero-order chi connectivity index (χ0) is 18.8. The number of carbonyl (C=O) groups is 1. The third kappa shape index (κ3) is 3.72. The monoisotopic (exact) mass is 443 g/mol. The predicted molar refractivity (Wildman–Crippen MR) is 108 cm³/mol. The third-order valence-corrected chi connectivity index (χ3v) is 5.48. The molecule has 0 spiro atoms. The van der Waals surface area contributed by atoms with Crippen LogP contribution in [0.15, 0.2) is 68.1 Å². The van der Waals surface area contributed by atoms with Crippen LogP contribution in [-0.4, -0.2) is 15.5 Å². The van der Waals surface area contributed by atoms with Gasteiger partial charge in [-0.05, 0) is 29.8 Å². The highest BCUT2D eigenvalue weighted by molar-refractivity contribution is 9.10. The molecule has 1 N–H and O–H groups in total. The van der Waals surface area contributed by atoms with E-state index < -0.39 is 0 Å². The number of amides is 1. The maximum atomic E-state index is 12.9. The van der Waals surface area contributed by atoms with Gasteiger partial charge >= 0.3 is 0 Å². The molecular weight excluding hydrogens is 430 g/mol. The van der Waals surface area contributed by atoms with Gasteiger partial charge in [0.1, 0.15) is 17.1 Å². The number of fused-ring (bicyclic) bond motifs is 1. The van der Waals surface area contributed by atoms with Crippen LogP contribution in [-0.2, 0) is 17.9 Å². The Hall–Kier alpha value is -2.71. The first-order valence-corrected chi connectivity index (χ1v) is 9.81. The molecular formula is C19H14BrN3O3S. The van der Waals surface area contributed by atoms with Crippen LogP contribution in [0.2, 0.25) is 0 Å². The van der Waals surface area contributed by atoms with Gasteiger partial charge in [0, 0.05) is 15.4 Å². The molecule has 0 atom stereocenters. The Morgan fingerprint density at radius 1 is 1.26 bits per heavy atom. The Labute approximate surface area is 166 Å². The van der Waals surface area contributed by atoms with Crippen LogP contribution in [0.4, 0.5) is 0 Å². The molecule has 136 valence electrons. The highest BCUT2D eigenvalue weighted by atomic mass is 79.9. The summed E-state index contributed by atoms with van der Waals surface area (Å²) in [6, 6.07) is 11.3. The minimum atomic E-state index is -0.282. The van der Waals surface area contributed by atoms with Crippen LogP contribution in [0.1, 0.15) is 5.76 Å². The first-order valence-electron chi connectivity index (χ1n) is 8.13. The molecule has 0 saturated carbocycles. The zero-order valence-electron chi connectivity index (χ0n) is 14.0. The summed E-state index contributed by atoms with van der Waals surface area (Å²) in [6.07, 6.45) is 2.96. The molecule has 6 nitrogen and oxygen atoms in total. The van der Waals surface area contributed by atoms with Crippen molar-refractivity contribution >= 4 is 43.4 Å². The van der Waals surface area contributed by atoms with E-state index in [1.165, 1.54) is 22.2 Å². The molecule has 8 heteroatoms. The molecule has 0 radical (unpaired) electrons. The molecule has 3 heterocycles. The molecule has 0 saturated heterocycles. The molecule has 0 bridgehead atoms. The average Bonchev–Trinajstić information content (AvgIpc) is 3.33. The van der Waals surface area contributed by atoms with E-state index in [1.807, 2.05) is 29.6 Å². The van der Waals surface area contributed by atoms with Crippen molar-refractivity contribution in [3.05, 3.63) is 75.0 Å². The molecule has 3 aromatic heterocycles. The Kier molecular flexibility index (Phi) is 4.91. The topological polar surface area (TPSA) is 77.1 Å². The Bertz CT molecular complexity index is 1150. The van der Waals surface area contributed by atoms with Gasteiger partial charge in [-0.1, -0.05) is 28.1 Å². The molecule has 0 aliphatic heterocycles. The van der Waals surface area contributed by atoms with E-state index in [1.54, 1.807) is 18.4 Å². The van der Waals surface area contributed by atoms with E-state index in [2.05, 4.69) is 26.2 Å². The Balaban J connectivity index is 1.61. The quantitative estimate of drug-likeness (QED) is 0.508. The fraction of sp³-hybridized carbons (Fsp3) is 0.105. The second-order valence-corrected chi connectivity index (χ2v) is 7.64. The highest BCUT2D eigenvalue weighted by Gasteiger charge is 2.14. The molecule has 0 unspecified atom stereocenters. The summed E-state index contributed by atoms with van der Waals surface area (Å²) in [5.74, 6) is 0.370. The number of halogens is 1. The summed E-state index contributed by atoms with van der Waals surface area (Å²) in [4.78, 5) is 30.1. The van der Waals surface area contributed by atoms with E-state index in [-0.39, 0.29) is 24.6 Å². The van der Waals surface area contributed by atoms with Gasteiger partial charge in [0.05, 0.1) is 24.5 Å². The number of hydrogen-bond donors (Lipinski definition) is 1. The second kappa shape index (κ2) is 7.50. The van der Waals surface area contributed by atoms with E-state index in [9.17, 15) is 9.59 Å². The molecule has 1 amide bonds. The van der Waals surface area contributed by atoms with Crippen molar-refractivity contribution in [2.75, 3.05) is 0 Å². The average molecular weight is 444 g/mol. The SMILES string of the molecule is O=C(Cn1cnc2scc(-c3ccc(Br)cc3)c2c1=O)NCc1ccco1. The number of furan rings is 1. The van der Waals surface area contributed by atoms with E-state index >= 15 is 0 Å². The molecule has 4 aromatic rings. The van der Waals surface area contributed by atoms with Gasteiger partial charge in [-0.2, -0.15) is 0 Å². The highest BCUT2D eigenvalue weighted by Crippen LogP contribution is 2.31. The summed E-state index contributed by atoms with van der Waals surface area (Å²) < 4.78 is 7.48. The number of thiophene rings is 1. The summed E-state index contributed by atoms with van der Waals surface area (Å²) in [5, 5.41) is 5.18. The first kappa shape index (κ1) is 17.7. The maximum Gasteiger partial charge on any atom is 0.263 e. The van der Waals surface area contributed by atoms with Crippen LogP contribution >= 0.6 is 27.3 Å². The van der Waals surface area contributed by atoms with Gasteiger partial charge in [-0.3, -0.25) is 14.2 Å². The molecule has 0 fully saturated rings. The minimum absolute atomic E-state index is 0.0991. The van der Waals surface area contributed by atoms with Crippen LogP contribution in [0, 0.1) is 0 Å². The van der Waals surface area contributed by atoms with Gasteiger partial charge < -0.3 is 9.73 Å². The van der Waals surface area contributed by atoms with Crippen LogP contribution in [0.3, 0.4) is 0 Å². The summed E-state index contributed by atoms with van der Waals surface area (Å²) in [5.41, 5.74) is 1.53. The number of benzene rings is 1. The normalized spacial score (nSPS) is 11.0. The first-order chi connectivity index (χ1) is 13.1. The molecule has 4 rings (SSSR count). The number of hydrogen-bond acceptors (Lipinski definition) is 5. The Morgan fingerprint density at radius 3 is 2.81 bits per heavy atom. The largest absolute Gasteiger partial charge is 0.467 e. The van der Waals surface area contributed by atoms with E-state index in [0.29, 0.717) is 16.0 Å². The summed E-state index contributed by atoms with van der Waals surface area (Å²) >= 11 is 4.83. The van der Waals surface area contributed by atoms with E-state index in [0.717, 1.165) is 15.6 Å². The molecule has 0 aliphatic carbocycles. The molecule has 1 aromatic carbocycles. The van der Waals surface area contributed by atoms with Gasteiger partial charge in [0.25, 0.3) is 5.56 Å². The zero-order valence-corrected chi connectivity index (χ0v) is 16.4. The lowest BCUT2D eigenvalue weighted by Gasteiger charge is -2.07. The lowest BCUT2D eigenvalue weighted by Crippen LogP contribution is -2.32. The van der Waals surface area contributed by atoms with Crippen LogP contribution in [0.25, 0.3) is 21.3 Å². The number of rotatable bonds is 5. The molecule has 0 aliphatic rings. The maximum absolute atomic E-state index is 12.9. The minimum Gasteiger partial charge on any atom is -0.467 e. The van der Waals surface area contributed by atoms with Crippen molar-refractivity contribution in [2.45, 2.75) is 13.1 Å². The van der Waals surface area contributed by atoms with Crippen molar-refractivity contribution in [3.63, 3.8) is 0 Å². The second-order valence-electron chi connectivity index (χ2n) is 5.87. The number of nitrogens with one attached hydrogen (secondary N) is 1. The van der Waals surface area contributed by atoms with Crippen molar-refractivity contribution in [3.8, 4) is 11.1 Å². The summed E-state index contributed by atoms with van der Waals surface area (Å²) in [7, 11) is 0. The fourth-order valence-corrected chi connectivity index (χ4v) is 3.90. The van der Waals surface area contributed by atoms with E-state index in [4.69, 9.17) is 4.42 Å². The predicted octanol–water partition coefficient (Wildman–Crippen LogP) is 3.80. The van der Waals surface area contributed by atoms with Crippen molar-refractivity contribution in [1.82, 2.24) is 14.9 Å².